The van der Waals surface area contributed by atoms with Crippen LogP contribution in [0.25, 0.3) is 0 Å². The summed E-state index contributed by atoms with van der Waals surface area (Å²) in [6.45, 7) is 23.5. The van der Waals surface area contributed by atoms with Crippen LogP contribution in [0.4, 0.5) is 0 Å². The van der Waals surface area contributed by atoms with E-state index in [0.29, 0.717) is 11.1 Å². The Bertz CT molecular complexity index is 999. The summed E-state index contributed by atoms with van der Waals surface area (Å²) in [7, 11) is -1.16. The van der Waals surface area contributed by atoms with Crippen LogP contribution in [-0.4, -0.2) is 50.0 Å². The Hall–Kier alpha value is -0.980. The summed E-state index contributed by atoms with van der Waals surface area (Å²) in [4.78, 5) is 15.4. The minimum Gasteiger partial charge on any atom is -0.395 e. The molecule has 0 saturated heterocycles. The van der Waals surface area contributed by atoms with Crippen molar-refractivity contribution >= 4 is 18.1 Å². The molecule has 240 valence electrons. The first-order valence-corrected chi connectivity index (χ1v) is 16.0. The highest BCUT2D eigenvalue weighted by atomic mass is 31.2. The predicted molar refractivity (Wildman–Crippen MR) is 177 cm³/mol. The molecule has 0 spiro atoms. The molecule has 0 aliphatic rings. The summed E-state index contributed by atoms with van der Waals surface area (Å²) in [5, 5.41) is 46.3. The van der Waals surface area contributed by atoms with Gasteiger partial charge in [-0.3, -0.25) is 4.31 Å². The number of aliphatic hydroxyl groups is 4. The highest BCUT2D eigenvalue weighted by Crippen LogP contribution is 2.55. The molecular formula is C33H56O7P2. The Morgan fingerprint density at radius 1 is 0.524 bits per heavy atom. The molecule has 0 amide bonds. The van der Waals surface area contributed by atoms with Crippen LogP contribution in [0.3, 0.4) is 0 Å². The van der Waals surface area contributed by atoms with Gasteiger partial charge in [-0.1, -0.05) is 119 Å². The van der Waals surface area contributed by atoms with Crippen molar-refractivity contribution in [3.63, 3.8) is 0 Å². The molecule has 9 heteroatoms. The summed E-state index contributed by atoms with van der Waals surface area (Å²) in [6, 6.07) is 12.2. The normalized spacial score (nSPS) is 14.1. The van der Waals surface area contributed by atoms with Gasteiger partial charge in [-0.2, -0.15) is 0 Å². The van der Waals surface area contributed by atoms with Crippen LogP contribution >= 0.6 is 18.1 Å². The fourth-order valence-electron chi connectivity index (χ4n) is 5.55. The topological polar surface area (TPSA) is 131 Å². The van der Waals surface area contributed by atoms with Crippen LogP contribution in [-0.2, 0) is 31.6 Å². The van der Waals surface area contributed by atoms with E-state index in [1.807, 2.05) is 36.4 Å². The van der Waals surface area contributed by atoms with Crippen LogP contribution < -0.4 is 0 Å². The van der Waals surface area contributed by atoms with E-state index >= 15 is 0 Å². The molecule has 7 nitrogen and oxygen atoms in total. The first-order valence-electron chi connectivity index (χ1n) is 14.3. The molecule has 0 radical (unpaired) electrons. The summed E-state index contributed by atoms with van der Waals surface area (Å²) >= 11 is 0. The maximum atomic E-state index is 13.6. The van der Waals surface area contributed by atoms with Crippen LogP contribution in [0.2, 0.25) is 0 Å². The summed E-state index contributed by atoms with van der Waals surface area (Å²) in [5.41, 5.74) is -0.0221. The Kier molecular flexibility index (Phi) is 13.4. The third-order valence-corrected chi connectivity index (χ3v) is 8.58. The average molecular weight is 627 g/mol. The molecule has 2 atom stereocenters. The number of hydrogen-bond acceptors (Lipinski definition) is 7. The fourth-order valence-corrected chi connectivity index (χ4v) is 5.72. The molecule has 0 fully saturated rings. The molecule has 2 aromatic rings. The van der Waals surface area contributed by atoms with Crippen LogP contribution in [0, 0.1) is 5.41 Å². The zero-order valence-electron chi connectivity index (χ0n) is 27.7. The monoisotopic (exact) mass is 626 g/mol. The van der Waals surface area contributed by atoms with Crippen LogP contribution in [0.15, 0.2) is 36.4 Å². The van der Waals surface area contributed by atoms with Crippen molar-refractivity contribution in [3.8, 4) is 0 Å². The lowest BCUT2D eigenvalue weighted by atomic mass is 9.56. The molecule has 42 heavy (non-hydrogen) atoms. The largest absolute Gasteiger partial charge is 0.395 e. The van der Waals surface area contributed by atoms with E-state index in [1.165, 1.54) is 0 Å². The van der Waals surface area contributed by atoms with Crippen molar-refractivity contribution in [1.82, 2.24) is 0 Å². The van der Waals surface area contributed by atoms with E-state index in [2.05, 4.69) is 87.4 Å². The molecule has 0 aromatic heterocycles. The Balaban J connectivity index is 0.00000162. The van der Waals surface area contributed by atoms with E-state index in [9.17, 15) is 20.4 Å². The fraction of sp³-hybridized carbons (Fsp3) is 0.636. The Morgan fingerprint density at radius 3 is 0.905 bits per heavy atom. The van der Waals surface area contributed by atoms with Gasteiger partial charge in [0, 0.05) is 0 Å². The van der Waals surface area contributed by atoms with Crippen molar-refractivity contribution in [1.29, 1.82) is 0 Å². The van der Waals surface area contributed by atoms with Gasteiger partial charge in [-0.05, 0) is 55.0 Å². The van der Waals surface area contributed by atoms with Crippen LogP contribution in [0.1, 0.15) is 116 Å². The van der Waals surface area contributed by atoms with Gasteiger partial charge in [0.15, 0.2) is 18.1 Å². The molecule has 0 aliphatic heterocycles. The van der Waals surface area contributed by atoms with Gasteiger partial charge in [-0.15, -0.1) is 0 Å². The predicted octanol–water partition coefficient (Wildman–Crippen LogP) is 6.08. The highest BCUT2D eigenvalue weighted by molar-refractivity contribution is 7.39. The van der Waals surface area contributed by atoms with E-state index in [4.69, 9.17) is 9.79 Å². The Morgan fingerprint density at radius 2 is 0.762 bits per heavy atom. The third kappa shape index (κ3) is 8.18. The summed E-state index contributed by atoms with van der Waals surface area (Å²) < 4.78 is 4.00. The van der Waals surface area contributed by atoms with Crippen molar-refractivity contribution in [2.24, 2.45) is 5.41 Å². The van der Waals surface area contributed by atoms with Gasteiger partial charge in [0.1, 0.15) is 5.60 Å². The maximum Gasteiger partial charge on any atom is 0.158 e. The lowest BCUT2D eigenvalue weighted by Crippen LogP contribution is -2.57. The zero-order chi connectivity index (χ0) is 32.9. The quantitative estimate of drug-likeness (QED) is 0.196. The lowest BCUT2D eigenvalue weighted by Gasteiger charge is -2.51. The van der Waals surface area contributed by atoms with Gasteiger partial charge in [0.25, 0.3) is 0 Å². The van der Waals surface area contributed by atoms with Gasteiger partial charge in [0.05, 0.1) is 25.2 Å². The number of hydrogen-bond donors (Lipinski definition) is 6. The smallest absolute Gasteiger partial charge is 0.158 e. The van der Waals surface area contributed by atoms with Gasteiger partial charge < -0.3 is 30.2 Å². The minimum atomic E-state index is -1.91. The van der Waals surface area contributed by atoms with E-state index < -0.39 is 48.9 Å². The molecule has 0 heterocycles. The zero-order valence-corrected chi connectivity index (χ0v) is 29.7. The Labute approximate surface area is 257 Å². The first kappa shape index (κ1) is 39.0. The standard InChI is InChI=1S/C33H52O4.H4O3P2/c1-28(2,3)22-15-13-16-23(29(4,5)6)26(22)33(37,32(19-34,20-35)21-36)27-24(30(7,8)9)17-14-18-25(27)31(10,11)12;1-4-3-5-2/h13-18,34-37H,19-21H2,1-12H3;1-2,4-5H. The molecule has 6 N–H and O–H groups in total. The van der Waals surface area contributed by atoms with Crippen LogP contribution in [0.5, 0.6) is 0 Å². The van der Waals surface area contributed by atoms with E-state index in [-0.39, 0.29) is 21.7 Å². The number of benzene rings is 2. The second kappa shape index (κ2) is 14.4. The van der Waals surface area contributed by atoms with Crippen molar-refractivity contribution in [3.05, 3.63) is 69.8 Å². The molecular weight excluding hydrogens is 570 g/mol. The lowest BCUT2D eigenvalue weighted by molar-refractivity contribution is -0.138. The van der Waals surface area contributed by atoms with Crippen molar-refractivity contribution in [2.75, 3.05) is 19.8 Å². The SMILES string of the molecule is CC(C)(C)c1cccc(C(C)(C)C)c1C(O)(c1c(C(C)(C)C)cccc1C(C)(C)C)C(CO)(CO)CO.OPOPO. The third-order valence-electron chi connectivity index (χ3n) is 7.85. The van der Waals surface area contributed by atoms with Gasteiger partial charge in [-0.25, -0.2) is 0 Å². The molecule has 0 saturated carbocycles. The highest BCUT2D eigenvalue weighted by Gasteiger charge is 2.57. The van der Waals surface area contributed by atoms with E-state index in [0.717, 1.165) is 22.3 Å². The number of rotatable bonds is 8. The molecule has 2 aromatic carbocycles. The minimum absolute atomic E-state index is 0.366. The first-order chi connectivity index (χ1) is 19.0. The number of aliphatic hydroxyl groups excluding tert-OH is 3. The van der Waals surface area contributed by atoms with E-state index in [1.54, 1.807) is 0 Å². The second-order valence-electron chi connectivity index (χ2n) is 15.2. The summed E-state index contributed by atoms with van der Waals surface area (Å²) in [5.74, 6) is 0. The van der Waals surface area contributed by atoms with Gasteiger partial charge in [0.2, 0.25) is 0 Å². The molecule has 2 unspecified atom stereocenters. The van der Waals surface area contributed by atoms with Crippen molar-refractivity contribution < 1.29 is 34.5 Å². The van der Waals surface area contributed by atoms with Gasteiger partial charge >= 0.3 is 0 Å². The maximum absolute atomic E-state index is 13.6. The summed E-state index contributed by atoms with van der Waals surface area (Å²) in [6.07, 6.45) is 0. The second-order valence-corrected chi connectivity index (χ2v) is 16.4. The average Bonchev–Trinajstić information content (AvgIpc) is 2.87. The molecule has 0 aliphatic carbocycles. The van der Waals surface area contributed by atoms with Crippen molar-refractivity contribution in [2.45, 2.75) is 110 Å². The molecule has 2 rings (SSSR count). The molecule has 0 bridgehead atoms.